The Morgan fingerprint density at radius 3 is 2.48 bits per heavy atom. The van der Waals surface area contributed by atoms with E-state index in [1.807, 2.05) is 0 Å². The summed E-state index contributed by atoms with van der Waals surface area (Å²) in [5.74, 6) is -7.86. The molecule has 3 aliphatic heterocycles. The van der Waals surface area contributed by atoms with Gasteiger partial charge in [-0.1, -0.05) is 33.7 Å². The molecule has 1 aromatic carbocycles. The highest BCUT2D eigenvalue weighted by Crippen LogP contribution is 2.53. The number of nitrogens with two attached hydrogens (primary N) is 1. The fourth-order valence-electron chi connectivity index (χ4n) is 5.19. The van der Waals surface area contributed by atoms with Crippen LogP contribution < -0.4 is 11.2 Å². The fraction of sp³-hybridized carbons (Fsp3) is 0.370. The van der Waals surface area contributed by atoms with Gasteiger partial charge >= 0.3 is 18.0 Å². The van der Waals surface area contributed by atoms with Crippen LogP contribution in [0.3, 0.4) is 0 Å². The van der Waals surface area contributed by atoms with Crippen molar-refractivity contribution in [2.75, 3.05) is 25.4 Å². The first kappa shape index (κ1) is 35.9. The van der Waals surface area contributed by atoms with Crippen molar-refractivity contribution in [3.8, 4) is 11.5 Å². The van der Waals surface area contributed by atoms with E-state index in [4.69, 9.17) is 22.2 Å². The predicted octanol–water partition coefficient (Wildman–Crippen LogP) is 0.293. The number of aromatic hydroxyl groups is 2. The maximum absolute atomic E-state index is 13.5. The van der Waals surface area contributed by atoms with Gasteiger partial charge in [-0.3, -0.25) is 24.7 Å². The second-order valence-electron chi connectivity index (χ2n) is 11.5. The third kappa shape index (κ3) is 6.15. The topological polar surface area (TPSA) is 298 Å². The Balaban J connectivity index is 1.31. The van der Waals surface area contributed by atoms with Gasteiger partial charge in [0.15, 0.2) is 33.8 Å². The number of halogens is 1. The number of phenols is 2. The number of aliphatic carboxylic acids is 2. The standard InChI is InChI=1S/C27H27ClN8O12S2/c1-26(2,22(42)43)48-33-17(12-8-49-24(29)30-12)14(38)7-11-20(41)34-9-27(23(44)45,50-21(11)34)35-5-6-36(25(35)46)31-19(40)16(32-47)10-3-4-13(37)18(39)15(10)28/h3-4,8,11,21,37,39,47H,5-7,9H2,1-2H3,(H2,29,30)(H,31,40)(H,42,43)(H,44,45)/b32-16-,33-17-/t11-,21-,27-/m1/s1. The lowest BCUT2D eigenvalue weighted by molar-refractivity contribution is -0.161. The summed E-state index contributed by atoms with van der Waals surface area (Å²) in [6, 6.07) is 1.07. The molecule has 20 nitrogen and oxygen atoms in total. The first-order chi connectivity index (χ1) is 23.4. The number of hydrogen-bond acceptors (Lipinski definition) is 16. The number of rotatable bonds is 12. The second-order valence-corrected chi connectivity index (χ2v) is 14.1. The van der Waals surface area contributed by atoms with Crippen LogP contribution in [-0.2, 0) is 28.8 Å². The average Bonchev–Trinajstić information content (AvgIpc) is 3.76. The maximum atomic E-state index is 13.5. The molecule has 50 heavy (non-hydrogen) atoms. The SMILES string of the molecule is CC(C)(O/N=C(\C(=O)C[C@@H]1C(=O)N2C[C@@](C(=O)O)(N3CCN(NC(=O)/C(=N\O)c4ccc(O)c(O)c4Cl)C3=O)S[C@H]12)c1csc(N)n1)C(=O)O. The highest BCUT2D eigenvalue weighted by molar-refractivity contribution is 8.02. The average molecular weight is 755 g/mol. The van der Waals surface area contributed by atoms with Gasteiger partial charge in [-0.25, -0.2) is 24.4 Å². The summed E-state index contributed by atoms with van der Waals surface area (Å²) in [6.07, 6.45) is -0.495. The molecule has 3 fully saturated rings. The van der Waals surface area contributed by atoms with E-state index in [9.17, 15) is 54.4 Å². The number of carbonyl (C=O) groups is 6. The lowest BCUT2D eigenvalue weighted by Crippen LogP contribution is -2.60. The zero-order valence-corrected chi connectivity index (χ0v) is 28.2. The van der Waals surface area contributed by atoms with Gasteiger partial charge in [0.1, 0.15) is 5.69 Å². The molecule has 0 radical (unpaired) electrons. The number of hydrazine groups is 1. The largest absolute Gasteiger partial charge is 0.504 e. The van der Waals surface area contributed by atoms with Gasteiger partial charge in [0, 0.05) is 23.9 Å². The highest BCUT2D eigenvalue weighted by Gasteiger charge is 2.66. The molecule has 4 heterocycles. The number of carboxylic acids is 2. The number of carbonyl (C=O) groups excluding carboxylic acids is 4. The number of aromatic nitrogens is 1. The Kier molecular flexibility index (Phi) is 9.47. The summed E-state index contributed by atoms with van der Waals surface area (Å²) in [6.45, 7) is 1.47. The van der Waals surface area contributed by atoms with Crippen LogP contribution in [-0.4, -0.2) is 128 Å². The molecular formula is C27H27ClN8O12S2. The van der Waals surface area contributed by atoms with E-state index in [2.05, 4.69) is 20.7 Å². The van der Waals surface area contributed by atoms with Crippen molar-refractivity contribution in [3.05, 3.63) is 33.8 Å². The molecule has 0 spiro atoms. The molecular weight excluding hydrogens is 728 g/mol. The minimum absolute atomic E-state index is 0.0232. The first-order valence-electron chi connectivity index (χ1n) is 14.2. The number of nitrogens with one attached hydrogen (secondary N) is 1. The van der Waals surface area contributed by atoms with Crippen LogP contribution in [0.5, 0.6) is 11.5 Å². The van der Waals surface area contributed by atoms with Crippen molar-refractivity contribution in [2.24, 2.45) is 16.2 Å². The van der Waals surface area contributed by atoms with Gasteiger partial charge < -0.3 is 41.1 Å². The lowest BCUT2D eigenvalue weighted by Gasteiger charge is -2.40. The number of phenolic OH excluding ortho intramolecular Hbond substituents is 2. The number of urea groups is 1. The van der Waals surface area contributed by atoms with Crippen molar-refractivity contribution in [1.29, 1.82) is 0 Å². The molecule has 4 amide bonds. The summed E-state index contributed by atoms with van der Waals surface area (Å²) in [5.41, 5.74) is 4.59. The number of carboxylic acid groups (broad SMARTS) is 2. The van der Waals surface area contributed by atoms with Crippen LogP contribution in [0.15, 0.2) is 27.8 Å². The molecule has 3 aliphatic rings. The zero-order valence-electron chi connectivity index (χ0n) is 25.8. The number of amides is 4. The maximum Gasteiger partial charge on any atom is 0.350 e. The van der Waals surface area contributed by atoms with Crippen LogP contribution in [0.4, 0.5) is 9.93 Å². The predicted molar refractivity (Wildman–Crippen MR) is 172 cm³/mol. The summed E-state index contributed by atoms with van der Waals surface area (Å²) in [4.78, 5) is 86.6. The first-order valence-corrected chi connectivity index (χ1v) is 16.4. The summed E-state index contributed by atoms with van der Waals surface area (Å²) >= 11 is 7.69. The van der Waals surface area contributed by atoms with Gasteiger partial charge in [0.2, 0.25) is 16.4 Å². The van der Waals surface area contributed by atoms with Crippen LogP contribution in [0.1, 0.15) is 31.5 Å². The summed E-state index contributed by atoms with van der Waals surface area (Å²) in [7, 11) is 0. The van der Waals surface area contributed by atoms with Crippen molar-refractivity contribution >= 4 is 86.8 Å². The number of fused-ring (bicyclic) bond motifs is 1. The molecule has 23 heteroatoms. The number of nitrogens with zero attached hydrogens (tertiary/aromatic N) is 6. The van der Waals surface area contributed by atoms with E-state index >= 15 is 0 Å². The molecule has 0 unspecified atom stereocenters. The van der Waals surface area contributed by atoms with E-state index in [-0.39, 0.29) is 29.5 Å². The number of nitrogen functional groups attached to an aromatic ring is 1. The van der Waals surface area contributed by atoms with Gasteiger partial charge in [-0.05, 0) is 26.0 Å². The fourth-order valence-corrected chi connectivity index (χ4v) is 7.68. The van der Waals surface area contributed by atoms with Gasteiger partial charge in [-0.15, -0.1) is 11.3 Å². The molecule has 0 aliphatic carbocycles. The number of thioether (sulfide) groups is 1. The third-order valence-corrected chi connectivity index (χ3v) is 10.7. The molecule has 0 bridgehead atoms. The lowest BCUT2D eigenvalue weighted by atomic mass is 9.90. The number of hydrogen-bond donors (Lipinski definition) is 7. The van der Waals surface area contributed by atoms with Crippen LogP contribution >= 0.6 is 34.7 Å². The van der Waals surface area contributed by atoms with Crippen molar-refractivity contribution in [3.63, 3.8) is 0 Å². The minimum atomic E-state index is -2.04. The van der Waals surface area contributed by atoms with Crippen LogP contribution in [0.2, 0.25) is 5.02 Å². The van der Waals surface area contributed by atoms with Crippen molar-refractivity contribution < 1.29 is 59.2 Å². The normalized spacial score (nSPS) is 22.3. The Morgan fingerprint density at radius 2 is 1.88 bits per heavy atom. The zero-order chi connectivity index (χ0) is 36.9. The Labute approximate surface area is 293 Å². The summed E-state index contributed by atoms with van der Waals surface area (Å²) in [5, 5.41) is 56.2. The van der Waals surface area contributed by atoms with E-state index in [1.165, 1.54) is 24.1 Å². The molecule has 0 saturated carbocycles. The number of thiazole rings is 1. The number of anilines is 1. The van der Waals surface area contributed by atoms with E-state index < -0.39 is 98.2 Å². The molecule has 3 atom stereocenters. The quantitative estimate of drug-likeness (QED) is 0.0504. The Morgan fingerprint density at radius 1 is 1.18 bits per heavy atom. The van der Waals surface area contributed by atoms with Gasteiger partial charge in [0.25, 0.3) is 5.91 Å². The number of β-lactam (4-membered cyclic amide) rings is 1. The molecule has 266 valence electrons. The van der Waals surface area contributed by atoms with E-state index in [0.717, 1.165) is 45.1 Å². The van der Waals surface area contributed by atoms with E-state index in [0.29, 0.717) is 0 Å². The number of ketones is 1. The Bertz CT molecular complexity index is 1890. The van der Waals surface area contributed by atoms with E-state index in [1.54, 1.807) is 0 Å². The highest BCUT2D eigenvalue weighted by atomic mass is 35.5. The molecule has 1 aromatic heterocycles. The van der Waals surface area contributed by atoms with Crippen LogP contribution in [0, 0.1) is 5.92 Å². The second kappa shape index (κ2) is 13.2. The summed E-state index contributed by atoms with van der Waals surface area (Å²) < 4.78 is 0. The molecule has 3 saturated heterocycles. The number of Topliss-reactive ketones (excluding diaryl/α,β-unsaturated/α-hetero) is 1. The van der Waals surface area contributed by atoms with Crippen molar-refractivity contribution in [1.82, 2.24) is 25.2 Å². The number of oxime groups is 2. The number of benzene rings is 1. The molecule has 8 N–H and O–H groups in total. The van der Waals surface area contributed by atoms with Crippen molar-refractivity contribution in [2.45, 2.75) is 36.1 Å². The van der Waals surface area contributed by atoms with Crippen LogP contribution in [0.25, 0.3) is 0 Å². The monoisotopic (exact) mass is 754 g/mol. The van der Waals surface area contributed by atoms with Gasteiger partial charge in [-0.2, -0.15) is 0 Å². The smallest absolute Gasteiger partial charge is 0.350 e. The molecule has 2 aromatic rings. The van der Waals surface area contributed by atoms with Gasteiger partial charge in [0.05, 0.1) is 29.4 Å². The molecule has 5 rings (SSSR count). The Hall–Kier alpha value is -5.35. The third-order valence-electron chi connectivity index (χ3n) is 7.95. The minimum Gasteiger partial charge on any atom is -0.504 e.